The Labute approximate surface area is 218 Å². The topological polar surface area (TPSA) is 53.4 Å². The monoisotopic (exact) mass is 516 g/mol. The largest absolute Gasteiger partial charge is 0.509 e. The third-order valence-electron chi connectivity index (χ3n) is 7.09. The number of ether oxygens (including phenoxy) is 2. The van der Waals surface area contributed by atoms with E-state index in [-0.39, 0.29) is 16.9 Å². The lowest BCUT2D eigenvalue weighted by molar-refractivity contribution is -0.0576. The maximum absolute atomic E-state index is 13.2. The van der Waals surface area contributed by atoms with E-state index in [0.29, 0.717) is 5.92 Å². The maximum atomic E-state index is 13.2. The highest BCUT2D eigenvalue weighted by molar-refractivity contribution is 8.77. The molecule has 1 aliphatic heterocycles. The number of rotatable bonds is 10. The van der Waals surface area contributed by atoms with Gasteiger partial charge in [-0.05, 0) is 52.0 Å². The molecular weight excluding hydrogens is 476 g/mol. The molecule has 0 saturated heterocycles. The van der Waals surface area contributed by atoms with Gasteiger partial charge in [0.15, 0.2) is 0 Å². The van der Waals surface area contributed by atoms with Crippen LogP contribution in [0.3, 0.4) is 0 Å². The van der Waals surface area contributed by atoms with Gasteiger partial charge in [0.1, 0.15) is 11.7 Å². The Kier molecular flexibility index (Phi) is 8.47. The van der Waals surface area contributed by atoms with Crippen LogP contribution in [0.5, 0.6) is 0 Å². The van der Waals surface area contributed by atoms with Crippen LogP contribution >= 0.6 is 21.6 Å². The minimum Gasteiger partial charge on any atom is -0.431 e. The minimum atomic E-state index is -0.601. The van der Waals surface area contributed by atoms with Crippen molar-refractivity contribution < 1.29 is 14.3 Å². The fraction of sp³-hybridized carbons (Fsp3) is 0.643. The molecule has 2 aromatic rings. The molecular formula is C28H40N2O3S2. The van der Waals surface area contributed by atoms with Crippen LogP contribution in [-0.4, -0.2) is 37.9 Å². The predicted molar refractivity (Wildman–Crippen MR) is 147 cm³/mol. The Morgan fingerprint density at radius 3 is 2.66 bits per heavy atom. The Bertz CT molecular complexity index is 998. The zero-order chi connectivity index (χ0) is 25.1. The highest BCUT2D eigenvalue weighted by Gasteiger charge is 2.38. The molecule has 0 spiro atoms. The van der Waals surface area contributed by atoms with Crippen LogP contribution in [0.4, 0.5) is 4.79 Å². The molecule has 0 amide bonds. The van der Waals surface area contributed by atoms with Crippen LogP contribution < -0.4 is 0 Å². The molecule has 2 unspecified atom stereocenters. The molecule has 0 radical (unpaired) electrons. The molecule has 5 nitrogen and oxygen atoms in total. The van der Waals surface area contributed by atoms with Crippen molar-refractivity contribution in [1.29, 1.82) is 0 Å². The van der Waals surface area contributed by atoms with Crippen LogP contribution in [0.15, 0.2) is 36.8 Å². The summed E-state index contributed by atoms with van der Waals surface area (Å²) in [4.78, 5) is 17.6. The first-order valence-electron chi connectivity index (χ1n) is 13.0. The van der Waals surface area contributed by atoms with E-state index < -0.39 is 11.8 Å². The quantitative estimate of drug-likeness (QED) is 0.234. The number of carbonyl (C=O) groups excluding carboxylic acids is 1. The molecule has 0 bridgehead atoms. The molecule has 2 heterocycles. The molecule has 35 heavy (non-hydrogen) atoms. The molecule has 4 rings (SSSR count). The van der Waals surface area contributed by atoms with Crippen LogP contribution in [-0.2, 0) is 9.47 Å². The smallest absolute Gasteiger partial charge is 0.431 e. The van der Waals surface area contributed by atoms with Gasteiger partial charge in [0.05, 0.1) is 24.3 Å². The third-order valence-corrected chi connectivity index (χ3v) is 10.5. The van der Waals surface area contributed by atoms with Crippen molar-refractivity contribution >= 4 is 27.7 Å². The molecule has 7 heteroatoms. The molecule has 1 fully saturated rings. The number of aromatic nitrogens is 2. The summed E-state index contributed by atoms with van der Waals surface area (Å²) in [5, 5.41) is 0. The fourth-order valence-electron chi connectivity index (χ4n) is 5.92. The normalized spacial score (nSPS) is 19.2. The Hall–Kier alpha value is -1.60. The Morgan fingerprint density at radius 1 is 1.17 bits per heavy atom. The highest BCUT2D eigenvalue weighted by atomic mass is 33.1. The molecule has 1 aromatic heterocycles. The van der Waals surface area contributed by atoms with Crippen molar-refractivity contribution in [3.8, 4) is 11.3 Å². The lowest BCUT2D eigenvalue weighted by Crippen LogP contribution is -2.38. The Balaban J connectivity index is 1.48. The summed E-state index contributed by atoms with van der Waals surface area (Å²) in [5.74, 6) is 1.43. The number of imidazole rings is 1. The van der Waals surface area contributed by atoms with E-state index in [4.69, 9.17) is 9.47 Å². The number of carbonyl (C=O) groups is 1. The molecule has 2 atom stereocenters. The third kappa shape index (κ3) is 6.59. The van der Waals surface area contributed by atoms with Crippen molar-refractivity contribution in [1.82, 2.24) is 9.55 Å². The summed E-state index contributed by atoms with van der Waals surface area (Å²) in [6, 6.07) is 8.65. The van der Waals surface area contributed by atoms with Crippen molar-refractivity contribution in [3.05, 3.63) is 42.4 Å². The van der Waals surface area contributed by atoms with E-state index in [1.807, 2.05) is 48.0 Å². The van der Waals surface area contributed by atoms with Gasteiger partial charge in [-0.1, -0.05) is 72.0 Å². The number of fused-ring (bicyclic) bond motifs is 3. The molecule has 1 saturated carbocycles. The van der Waals surface area contributed by atoms with Gasteiger partial charge in [-0.25, -0.2) is 9.78 Å². The van der Waals surface area contributed by atoms with Gasteiger partial charge in [0.2, 0.25) is 0 Å². The fourth-order valence-corrected chi connectivity index (χ4v) is 8.25. The maximum Gasteiger partial charge on any atom is 0.509 e. The zero-order valence-corrected chi connectivity index (χ0v) is 23.4. The van der Waals surface area contributed by atoms with Gasteiger partial charge in [-0.3, -0.25) is 0 Å². The van der Waals surface area contributed by atoms with Gasteiger partial charge in [-0.2, -0.15) is 0 Å². The van der Waals surface area contributed by atoms with Gasteiger partial charge >= 0.3 is 6.16 Å². The second-order valence-corrected chi connectivity index (χ2v) is 14.4. The molecule has 1 aliphatic carbocycles. The van der Waals surface area contributed by atoms with E-state index in [0.717, 1.165) is 37.1 Å². The van der Waals surface area contributed by atoms with Crippen LogP contribution in [0, 0.1) is 5.92 Å². The number of hydrogen-bond donors (Lipinski definition) is 0. The van der Waals surface area contributed by atoms with Gasteiger partial charge in [-0.15, -0.1) is 0 Å². The van der Waals surface area contributed by atoms with E-state index >= 15 is 0 Å². The van der Waals surface area contributed by atoms with Gasteiger partial charge < -0.3 is 14.0 Å². The first-order chi connectivity index (χ1) is 16.7. The minimum absolute atomic E-state index is 0.00138. The summed E-state index contributed by atoms with van der Waals surface area (Å²) in [7, 11) is 3.70. The van der Waals surface area contributed by atoms with E-state index in [9.17, 15) is 4.79 Å². The van der Waals surface area contributed by atoms with Crippen LogP contribution in [0.2, 0.25) is 0 Å². The standard InChI is InChI=1S/C28H40N2O3S2/c1-6-34-35-28(4,5)18-27(2,3)33-26(31)32-25(20-12-8-7-9-13-20)16-23-21-14-10-11-15-22(21)24-17-29-19-30(23)24/h10-11,14-15,17,19-20,23,25H,6-9,12-13,16,18H2,1-5H3. The van der Waals surface area contributed by atoms with Crippen LogP contribution in [0.25, 0.3) is 11.3 Å². The van der Waals surface area contributed by atoms with Crippen LogP contribution in [0.1, 0.15) is 91.2 Å². The molecule has 0 N–H and O–H groups in total. The SMILES string of the molecule is CCSSC(C)(C)CC(C)(C)OC(=O)OC(CC1c2ccccc2-c2cncn21)C1CCCCC1. The van der Waals surface area contributed by atoms with Gasteiger partial charge in [0.25, 0.3) is 0 Å². The second kappa shape index (κ2) is 11.2. The summed E-state index contributed by atoms with van der Waals surface area (Å²) >= 11 is 0. The highest BCUT2D eigenvalue weighted by Crippen LogP contribution is 2.44. The molecule has 192 valence electrons. The molecule has 2 aliphatic rings. The van der Waals surface area contributed by atoms with E-state index in [2.05, 4.69) is 54.6 Å². The number of nitrogens with zero attached hydrogens (tertiary/aromatic N) is 2. The molecule has 1 aromatic carbocycles. The average molecular weight is 517 g/mol. The summed E-state index contributed by atoms with van der Waals surface area (Å²) < 4.78 is 14.4. The second-order valence-electron chi connectivity index (χ2n) is 11.1. The first kappa shape index (κ1) is 26.5. The summed E-state index contributed by atoms with van der Waals surface area (Å²) in [5.41, 5.74) is 3.05. The average Bonchev–Trinajstić information content (AvgIpc) is 3.39. The van der Waals surface area contributed by atoms with Gasteiger partial charge in [0, 0.05) is 28.9 Å². The van der Waals surface area contributed by atoms with Crippen molar-refractivity contribution in [2.75, 3.05) is 5.75 Å². The van der Waals surface area contributed by atoms with Crippen molar-refractivity contribution in [2.45, 2.75) is 102 Å². The lowest BCUT2D eigenvalue weighted by atomic mass is 9.82. The van der Waals surface area contributed by atoms with Crippen molar-refractivity contribution in [3.63, 3.8) is 0 Å². The summed E-state index contributed by atoms with van der Waals surface area (Å²) in [6.45, 7) is 10.6. The first-order valence-corrected chi connectivity index (χ1v) is 15.3. The number of hydrogen-bond acceptors (Lipinski definition) is 6. The number of benzene rings is 1. The Morgan fingerprint density at radius 2 is 1.91 bits per heavy atom. The predicted octanol–water partition coefficient (Wildman–Crippen LogP) is 8.29. The lowest BCUT2D eigenvalue weighted by Gasteiger charge is -2.35. The van der Waals surface area contributed by atoms with Crippen molar-refractivity contribution in [2.24, 2.45) is 5.92 Å². The van der Waals surface area contributed by atoms with E-state index in [1.165, 1.54) is 30.4 Å². The zero-order valence-electron chi connectivity index (χ0n) is 21.8. The summed E-state index contributed by atoms with van der Waals surface area (Å²) in [6.07, 6.45) is 10.5. The van der Waals surface area contributed by atoms with E-state index in [1.54, 1.807) is 0 Å².